The van der Waals surface area contributed by atoms with Gasteiger partial charge in [0, 0.05) is 26.2 Å². The molecular formula is C4H8N2. The van der Waals surface area contributed by atoms with Crippen LogP contribution in [0.2, 0.25) is 0 Å². The molecule has 0 aromatic heterocycles. The molecule has 0 spiro atoms. The molecule has 0 atom stereocenters. The zero-order valence-electron chi connectivity index (χ0n) is 3.72. The van der Waals surface area contributed by atoms with Crippen LogP contribution >= 0.6 is 0 Å². The summed E-state index contributed by atoms with van der Waals surface area (Å²) < 4.78 is 0. The van der Waals surface area contributed by atoms with Crippen LogP contribution in [0.4, 0.5) is 0 Å². The number of hydrazine groups is 1. The van der Waals surface area contributed by atoms with Crippen molar-refractivity contribution in [1.29, 1.82) is 0 Å². The van der Waals surface area contributed by atoms with Crippen LogP contribution in [-0.2, 0) is 0 Å². The molecule has 0 aliphatic carbocycles. The number of hydrogen-bond acceptors (Lipinski definition) is 2. The summed E-state index contributed by atoms with van der Waals surface area (Å²) in [4.78, 5) is 0. The lowest BCUT2D eigenvalue weighted by molar-refractivity contribution is -0.189. The Morgan fingerprint density at radius 3 is 1.00 bits per heavy atom. The van der Waals surface area contributed by atoms with Crippen molar-refractivity contribution in [2.75, 3.05) is 26.2 Å². The molecule has 34 valence electrons. The van der Waals surface area contributed by atoms with Crippen LogP contribution in [0.1, 0.15) is 0 Å². The van der Waals surface area contributed by atoms with Crippen molar-refractivity contribution < 1.29 is 0 Å². The van der Waals surface area contributed by atoms with Gasteiger partial charge in [0.2, 0.25) is 0 Å². The van der Waals surface area contributed by atoms with E-state index in [0.717, 1.165) is 0 Å². The van der Waals surface area contributed by atoms with Gasteiger partial charge in [0.05, 0.1) is 0 Å². The summed E-state index contributed by atoms with van der Waals surface area (Å²) in [7, 11) is 0. The third-order valence-corrected chi connectivity index (χ3v) is 1.63. The van der Waals surface area contributed by atoms with Crippen molar-refractivity contribution in [2.24, 2.45) is 0 Å². The highest BCUT2D eigenvalue weighted by atomic mass is 15.7. The molecule has 2 nitrogen and oxygen atoms in total. The molecule has 2 aliphatic heterocycles. The van der Waals surface area contributed by atoms with E-state index in [1.807, 2.05) is 0 Å². The molecule has 2 heterocycles. The molecule has 2 aliphatic rings. The Morgan fingerprint density at radius 2 is 1.00 bits per heavy atom. The van der Waals surface area contributed by atoms with Gasteiger partial charge in [0.1, 0.15) is 0 Å². The molecule has 2 heteroatoms. The van der Waals surface area contributed by atoms with Gasteiger partial charge in [-0.25, -0.2) is 10.0 Å². The molecule has 0 aromatic carbocycles. The SMILES string of the molecule is C1CN2CCN12. The van der Waals surface area contributed by atoms with Gasteiger partial charge in [0.15, 0.2) is 0 Å². The first-order valence-corrected chi connectivity index (χ1v) is 2.46. The second-order valence-electron chi connectivity index (χ2n) is 1.91. The second-order valence-corrected chi connectivity index (χ2v) is 1.91. The van der Waals surface area contributed by atoms with Gasteiger partial charge in [-0.15, -0.1) is 0 Å². The topological polar surface area (TPSA) is 6.48 Å². The van der Waals surface area contributed by atoms with Crippen LogP contribution in [-0.4, -0.2) is 36.2 Å². The van der Waals surface area contributed by atoms with E-state index < -0.39 is 0 Å². The van der Waals surface area contributed by atoms with Crippen molar-refractivity contribution >= 4 is 0 Å². The zero-order valence-corrected chi connectivity index (χ0v) is 3.72. The van der Waals surface area contributed by atoms with E-state index in [2.05, 4.69) is 10.0 Å². The molecule has 2 rings (SSSR count). The fraction of sp³-hybridized carbons (Fsp3) is 1.00. The molecule has 0 radical (unpaired) electrons. The molecular weight excluding hydrogens is 76.1 g/mol. The molecule has 0 N–H and O–H groups in total. The van der Waals surface area contributed by atoms with E-state index in [1.54, 1.807) is 0 Å². The van der Waals surface area contributed by atoms with Gasteiger partial charge in [-0.05, 0) is 0 Å². The van der Waals surface area contributed by atoms with Gasteiger partial charge < -0.3 is 0 Å². The maximum atomic E-state index is 2.36. The van der Waals surface area contributed by atoms with Gasteiger partial charge in [0.25, 0.3) is 0 Å². The second kappa shape index (κ2) is 0.768. The Balaban J connectivity index is 2.03. The molecule has 0 aromatic rings. The Bertz CT molecular complexity index is 53.9. The van der Waals surface area contributed by atoms with E-state index in [0.29, 0.717) is 0 Å². The van der Waals surface area contributed by atoms with Crippen LogP contribution in [0.25, 0.3) is 0 Å². The summed E-state index contributed by atoms with van der Waals surface area (Å²) in [6, 6.07) is 0. The lowest BCUT2D eigenvalue weighted by Crippen LogP contribution is -2.68. The van der Waals surface area contributed by atoms with E-state index in [9.17, 15) is 0 Å². The van der Waals surface area contributed by atoms with E-state index in [-0.39, 0.29) is 0 Å². The average Bonchev–Trinajstić information content (AvgIpc) is 1.54. The minimum Gasteiger partial charge on any atom is -0.239 e. The van der Waals surface area contributed by atoms with Crippen molar-refractivity contribution in [2.45, 2.75) is 0 Å². The first-order valence-electron chi connectivity index (χ1n) is 2.46. The highest BCUT2D eigenvalue weighted by Gasteiger charge is 2.32. The fourth-order valence-electron chi connectivity index (χ4n) is 0.989. The Hall–Kier alpha value is -0.0800. The molecule has 2 fully saturated rings. The molecule has 6 heavy (non-hydrogen) atoms. The van der Waals surface area contributed by atoms with E-state index >= 15 is 0 Å². The molecule has 2 saturated heterocycles. The predicted octanol–water partition coefficient (Wildman–Crippen LogP) is -0.467. The molecule has 0 amide bonds. The van der Waals surface area contributed by atoms with Crippen molar-refractivity contribution in [3.63, 3.8) is 0 Å². The fourth-order valence-corrected chi connectivity index (χ4v) is 0.989. The monoisotopic (exact) mass is 84.1 g/mol. The zero-order chi connectivity index (χ0) is 3.98. The third kappa shape index (κ3) is 0.172. The van der Waals surface area contributed by atoms with Crippen molar-refractivity contribution in [3.8, 4) is 0 Å². The van der Waals surface area contributed by atoms with Crippen molar-refractivity contribution in [1.82, 2.24) is 10.0 Å². The minimum absolute atomic E-state index is 1.32. The molecule has 0 saturated carbocycles. The van der Waals surface area contributed by atoms with Gasteiger partial charge in [-0.1, -0.05) is 0 Å². The maximum absolute atomic E-state index is 2.36. The maximum Gasteiger partial charge on any atom is 0.0275 e. The Labute approximate surface area is 37.3 Å². The summed E-state index contributed by atoms with van der Waals surface area (Å²) in [6.07, 6.45) is 0. The summed E-state index contributed by atoms with van der Waals surface area (Å²) in [5.41, 5.74) is 0. The van der Waals surface area contributed by atoms with Crippen LogP contribution in [0.15, 0.2) is 0 Å². The largest absolute Gasteiger partial charge is 0.239 e. The standard InChI is InChI=1S/C4H8N2/c1-2-6-4-3-5(1)6/h1-4H2. The number of nitrogens with zero attached hydrogens (tertiary/aromatic N) is 2. The lowest BCUT2D eigenvalue weighted by atomic mass is 10.3. The minimum atomic E-state index is 1.32. The summed E-state index contributed by atoms with van der Waals surface area (Å²) in [5.74, 6) is 0. The number of fused-ring (bicyclic) bond motifs is 1. The molecule has 0 unspecified atom stereocenters. The first kappa shape index (κ1) is 2.99. The number of piperazine rings is 1. The van der Waals surface area contributed by atoms with Crippen LogP contribution in [0, 0.1) is 0 Å². The van der Waals surface area contributed by atoms with Crippen LogP contribution in [0.5, 0.6) is 0 Å². The van der Waals surface area contributed by atoms with Gasteiger partial charge in [-0.2, -0.15) is 0 Å². The quantitative estimate of drug-likeness (QED) is 0.391. The van der Waals surface area contributed by atoms with Gasteiger partial charge in [-0.3, -0.25) is 0 Å². The average molecular weight is 84.1 g/mol. The predicted molar refractivity (Wildman–Crippen MR) is 23.1 cm³/mol. The number of rotatable bonds is 0. The summed E-state index contributed by atoms with van der Waals surface area (Å²) in [6.45, 7) is 5.28. The van der Waals surface area contributed by atoms with Crippen molar-refractivity contribution in [3.05, 3.63) is 0 Å². The smallest absolute Gasteiger partial charge is 0.0275 e. The summed E-state index contributed by atoms with van der Waals surface area (Å²) in [5, 5.41) is 4.72. The van der Waals surface area contributed by atoms with Crippen LogP contribution < -0.4 is 0 Å². The number of hydrogen-bond donors (Lipinski definition) is 0. The Morgan fingerprint density at radius 1 is 0.667 bits per heavy atom. The highest BCUT2D eigenvalue weighted by molar-refractivity contribution is 4.78. The first-order chi connectivity index (χ1) is 2.97. The molecule has 0 bridgehead atoms. The summed E-state index contributed by atoms with van der Waals surface area (Å²) >= 11 is 0. The lowest BCUT2D eigenvalue weighted by Gasteiger charge is -2.52. The highest BCUT2D eigenvalue weighted by Crippen LogP contribution is 2.16. The van der Waals surface area contributed by atoms with E-state index in [1.165, 1.54) is 26.2 Å². The van der Waals surface area contributed by atoms with Gasteiger partial charge >= 0.3 is 0 Å². The Kier molecular flexibility index (Phi) is 0.383. The van der Waals surface area contributed by atoms with E-state index in [4.69, 9.17) is 0 Å². The third-order valence-electron chi connectivity index (χ3n) is 1.63. The van der Waals surface area contributed by atoms with Crippen LogP contribution in [0.3, 0.4) is 0 Å². The normalized spacial score (nSPS) is 34.0.